The molecule has 6 nitrogen and oxygen atoms in total. The number of urea groups is 1. The molecule has 0 unspecified atom stereocenters. The quantitative estimate of drug-likeness (QED) is 0.592. The van der Waals surface area contributed by atoms with Gasteiger partial charge in [0.25, 0.3) is 0 Å². The molecule has 0 aromatic carbocycles. The Bertz CT molecular complexity index is 459. The van der Waals surface area contributed by atoms with Crippen LogP contribution in [0.1, 0.15) is 28.3 Å². The van der Waals surface area contributed by atoms with Crippen molar-refractivity contribution in [2.75, 3.05) is 13.6 Å². The number of carboxylic acid groups (broad SMARTS) is 1. The molecule has 104 valence electrons. The Morgan fingerprint density at radius 1 is 1.63 bits per heavy atom. The number of thiazole rings is 1. The summed E-state index contributed by atoms with van der Waals surface area (Å²) >= 11 is 1.21. The summed E-state index contributed by atoms with van der Waals surface area (Å²) in [5.74, 6) is -1.06. The minimum atomic E-state index is -1.06. The van der Waals surface area contributed by atoms with E-state index in [1.54, 1.807) is 11.9 Å². The van der Waals surface area contributed by atoms with Crippen LogP contribution in [0.15, 0.2) is 18.0 Å². The number of rotatable bonds is 7. The zero-order chi connectivity index (χ0) is 14.3. The number of amides is 2. The van der Waals surface area contributed by atoms with Crippen molar-refractivity contribution in [1.82, 2.24) is 15.2 Å². The maximum absolute atomic E-state index is 11.7. The van der Waals surface area contributed by atoms with Crippen LogP contribution in [0, 0.1) is 0 Å². The Morgan fingerprint density at radius 3 is 2.95 bits per heavy atom. The van der Waals surface area contributed by atoms with Crippen LogP contribution in [-0.2, 0) is 6.54 Å². The van der Waals surface area contributed by atoms with Gasteiger partial charge in [-0.15, -0.1) is 17.9 Å². The van der Waals surface area contributed by atoms with Gasteiger partial charge in [-0.05, 0) is 12.8 Å². The fourth-order valence-corrected chi connectivity index (χ4v) is 2.06. The standard InChI is InChI=1S/C12H17N3O3S/c1-3-4-5-6-15(2)12(18)13-7-10-14-9(8-19-10)11(16)17/h3,8H,1,4-7H2,2H3,(H,13,18)(H,16,17). The molecular weight excluding hydrogens is 266 g/mol. The van der Waals surface area contributed by atoms with Crippen molar-refractivity contribution in [1.29, 1.82) is 0 Å². The van der Waals surface area contributed by atoms with E-state index in [1.807, 2.05) is 6.08 Å². The molecule has 1 rings (SSSR count). The normalized spacial score (nSPS) is 9.95. The minimum absolute atomic E-state index is 0.00795. The van der Waals surface area contributed by atoms with E-state index >= 15 is 0 Å². The maximum atomic E-state index is 11.7. The van der Waals surface area contributed by atoms with Crippen molar-refractivity contribution in [3.05, 3.63) is 28.7 Å². The second kappa shape index (κ2) is 7.52. The van der Waals surface area contributed by atoms with Gasteiger partial charge in [-0.2, -0.15) is 0 Å². The van der Waals surface area contributed by atoms with Gasteiger partial charge in [0.1, 0.15) is 5.01 Å². The maximum Gasteiger partial charge on any atom is 0.355 e. The number of aromatic nitrogens is 1. The fourth-order valence-electron chi connectivity index (χ4n) is 1.35. The molecule has 19 heavy (non-hydrogen) atoms. The number of carboxylic acids is 1. The zero-order valence-electron chi connectivity index (χ0n) is 10.8. The van der Waals surface area contributed by atoms with E-state index in [1.165, 1.54) is 16.7 Å². The van der Waals surface area contributed by atoms with E-state index in [4.69, 9.17) is 5.11 Å². The van der Waals surface area contributed by atoms with E-state index in [2.05, 4.69) is 16.9 Å². The van der Waals surface area contributed by atoms with Gasteiger partial charge >= 0.3 is 12.0 Å². The number of hydrogen-bond acceptors (Lipinski definition) is 4. The molecule has 1 aromatic rings. The Balaban J connectivity index is 2.36. The van der Waals surface area contributed by atoms with Crippen LogP contribution >= 0.6 is 11.3 Å². The highest BCUT2D eigenvalue weighted by molar-refractivity contribution is 7.09. The Morgan fingerprint density at radius 2 is 2.37 bits per heavy atom. The van der Waals surface area contributed by atoms with Crippen LogP contribution in [-0.4, -0.2) is 40.6 Å². The summed E-state index contributed by atoms with van der Waals surface area (Å²) in [6, 6.07) is -0.198. The van der Waals surface area contributed by atoms with E-state index in [0.717, 1.165) is 12.8 Å². The highest BCUT2D eigenvalue weighted by atomic mass is 32.1. The third-order valence-corrected chi connectivity index (χ3v) is 3.26. The van der Waals surface area contributed by atoms with Crippen LogP contribution in [0.5, 0.6) is 0 Å². The lowest BCUT2D eigenvalue weighted by molar-refractivity contribution is 0.0691. The zero-order valence-corrected chi connectivity index (χ0v) is 11.6. The Hall–Kier alpha value is -1.89. The number of hydrogen-bond donors (Lipinski definition) is 2. The molecule has 0 fully saturated rings. The Kier molecular flexibility index (Phi) is 6.01. The molecular formula is C12H17N3O3S. The summed E-state index contributed by atoms with van der Waals surface area (Å²) in [4.78, 5) is 27.8. The van der Waals surface area contributed by atoms with Crippen LogP contribution < -0.4 is 5.32 Å². The first kappa shape index (κ1) is 15.2. The summed E-state index contributed by atoms with van der Waals surface area (Å²) in [6.45, 7) is 4.51. The smallest absolute Gasteiger partial charge is 0.355 e. The van der Waals surface area contributed by atoms with Crippen molar-refractivity contribution in [3.63, 3.8) is 0 Å². The van der Waals surface area contributed by atoms with E-state index in [9.17, 15) is 9.59 Å². The summed E-state index contributed by atoms with van der Waals surface area (Å²) < 4.78 is 0. The van der Waals surface area contributed by atoms with Crippen molar-refractivity contribution >= 4 is 23.3 Å². The fraction of sp³-hybridized carbons (Fsp3) is 0.417. The average molecular weight is 283 g/mol. The summed E-state index contributed by atoms with van der Waals surface area (Å²) in [5.41, 5.74) is 0.00795. The molecule has 1 heterocycles. The second-order valence-electron chi connectivity index (χ2n) is 3.94. The molecule has 0 saturated carbocycles. The Labute approximate surface area is 115 Å². The summed E-state index contributed by atoms with van der Waals surface area (Å²) in [6.07, 6.45) is 3.55. The molecule has 2 N–H and O–H groups in total. The van der Waals surface area contributed by atoms with Gasteiger partial charge in [-0.25, -0.2) is 14.6 Å². The number of allylic oxidation sites excluding steroid dienone is 1. The molecule has 0 aliphatic carbocycles. The number of nitrogens with one attached hydrogen (secondary N) is 1. The number of carbonyl (C=O) groups excluding carboxylic acids is 1. The second-order valence-corrected chi connectivity index (χ2v) is 4.89. The van der Waals surface area contributed by atoms with Gasteiger partial charge in [0.2, 0.25) is 0 Å². The van der Waals surface area contributed by atoms with Crippen LogP contribution in [0.4, 0.5) is 4.79 Å². The molecule has 0 aliphatic heterocycles. The number of aromatic carboxylic acids is 1. The molecule has 0 bridgehead atoms. The van der Waals surface area contributed by atoms with Gasteiger partial charge in [0, 0.05) is 19.0 Å². The van der Waals surface area contributed by atoms with Crippen molar-refractivity contribution in [2.45, 2.75) is 19.4 Å². The molecule has 1 aromatic heterocycles. The monoisotopic (exact) mass is 283 g/mol. The molecule has 0 saturated heterocycles. The van der Waals surface area contributed by atoms with Gasteiger partial charge in [0.05, 0.1) is 6.54 Å². The van der Waals surface area contributed by atoms with Crippen molar-refractivity contribution < 1.29 is 14.7 Å². The van der Waals surface area contributed by atoms with Crippen LogP contribution in [0.2, 0.25) is 0 Å². The molecule has 0 radical (unpaired) electrons. The largest absolute Gasteiger partial charge is 0.476 e. The van der Waals surface area contributed by atoms with E-state index < -0.39 is 5.97 Å². The van der Waals surface area contributed by atoms with Crippen molar-refractivity contribution in [2.24, 2.45) is 0 Å². The van der Waals surface area contributed by atoms with Crippen molar-refractivity contribution in [3.8, 4) is 0 Å². The van der Waals surface area contributed by atoms with Crippen LogP contribution in [0.25, 0.3) is 0 Å². The number of nitrogens with zero attached hydrogens (tertiary/aromatic N) is 2. The average Bonchev–Trinajstić information content (AvgIpc) is 2.85. The van der Waals surface area contributed by atoms with E-state index in [-0.39, 0.29) is 18.3 Å². The molecule has 0 atom stereocenters. The summed E-state index contributed by atoms with van der Waals surface area (Å²) in [7, 11) is 1.71. The SMILES string of the molecule is C=CCCCN(C)C(=O)NCc1nc(C(=O)O)cs1. The molecule has 0 aliphatic rings. The number of carbonyl (C=O) groups is 2. The highest BCUT2D eigenvalue weighted by Gasteiger charge is 2.11. The first-order chi connectivity index (χ1) is 9.04. The third kappa shape index (κ3) is 5.09. The molecule has 0 spiro atoms. The van der Waals surface area contributed by atoms with Gasteiger partial charge in [-0.1, -0.05) is 6.08 Å². The number of unbranched alkanes of at least 4 members (excludes halogenated alkanes) is 1. The predicted molar refractivity (Wildman–Crippen MR) is 73.4 cm³/mol. The van der Waals surface area contributed by atoms with Gasteiger partial charge < -0.3 is 15.3 Å². The summed E-state index contributed by atoms with van der Waals surface area (Å²) in [5, 5.41) is 13.4. The first-order valence-electron chi connectivity index (χ1n) is 5.82. The lowest BCUT2D eigenvalue weighted by Crippen LogP contribution is -2.37. The third-order valence-electron chi connectivity index (χ3n) is 2.41. The molecule has 2 amide bonds. The minimum Gasteiger partial charge on any atom is -0.476 e. The first-order valence-corrected chi connectivity index (χ1v) is 6.70. The lowest BCUT2D eigenvalue weighted by atomic mass is 10.3. The van der Waals surface area contributed by atoms with Gasteiger partial charge in [-0.3, -0.25) is 0 Å². The topological polar surface area (TPSA) is 82.5 Å². The predicted octanol–water partition coefficient (Wildman–Crippen LogP) is 1.95. The lowest BCUT2D eigenvalue weighted by Gasteiger charge is -2.16. The molecule has 7 heteroatoms. The van der Waals surface area contributed by atoms with Gasteiger partial charge in [0.15, 0.2) is 5.69 Å². The van der Waals surface area contributed by atoms with Crippen LogP contribution in [0.3, 0.4) is 0 Å². The highest BCUT2D eigenvalue weighted by Crippen LogP contribution is 2.09. The van der Waals surface area contributed by atoms with E-state index in [0.29, 0.717) is 11.6 Å².